The molecule has 0 unspecified atom stereocenters. The molecule has 11 heteroatoms. The van der Waals surface area contributed by atoms with Gasteiger partial charge in [0, 0.05) is 29.5 Å². The van der Waals surface area contributed by atoms with Crippen LogP contribution < -0.4 is 0 Å². The number of fused-ring (bicyclic) bond motifs is 1. The summed E-state index contributed by atoms with van der Waals surface area (Å²) in [4.78, 5) is 11.8. The molecular weight excluding hydrogens is 464 g/mol. The van der Waals surface area contributed by atoms with Gasteiger partial charge < -0.3 is 9.63 Å². The number of rotatable bonds is 4. The Balaban J connectivity index is 1.78. The normalized spacial score (nSPS) is 14.7. The molecule has 0 radical (unpaired) electrons. The molecule has 0 spiro atoms. The van der Waals surface area contributed by atoms with Crippen LogP contribution in [0.1, 0.15) is 33.2 Å². The summed E-state index contributed by atoms with van der Waals surface area (Å²) in [7, 11) is -3.89. The number of aromatic carboxylic acids is 1. The van der Waals surface area contributed by atoms with E-state index in [4.69, 9.17) is 4.52 Å². The molecule has 3 heterocycles. The van der Waals surface area contributed by atoms with E-state index in [1.807, 2.05) is 24.3 Å². The third-order valence-corrected chi connectivity index (χ3v) is 7.48. The Kier molecular flexibility index (Phi) is 4.83. The van der Waals surface area contributed by atoms with E-state index >= 15 is 0 Å². The molecule has 0 bridgehead atoms. The molecule has 4 rings (SSSR count). The Labute approximate surface area is 175 Å². The summed E-state index contributed by atoms with van der Waals surface area (Å²) in [6.07, 6.45) is 0.328. The van der Waals surface area contributed by atoms with Gasteiger partial charge >= 0.3 is 5.97 Å². The maximum Gasteiger partial charge on any atom is 0.356 e. The van der Waals surface area contributed by atoms with Crippen molar-refractivity contribution in [3.05, 3.63) is 57.1 Å². The number of nitrogens with zero attached hydrogens (tertiary/aromatic N) is 4. The van der Waals surface area contributed by atoms with Gasteiger partial charge in [-0.3, -0.25) is 0 Å². The summed E-state index contributed by atoms with van der Waals surface area (Å²) < 4.78 is 35.0. The van der Waals surface area contributed by atoms with E-state index in [1.54, 1.807) is 11.6 Å². The number of hydrogen-bond acceptors (Lipinski definition) is 6. The number of sulfonamides is 1. The zero-order valence-electron chi connectivity index (χ0n) is 15.6. The maximum atomic E-state index is 13.1. The average Bonchev–Trinajstić information content (AvgIpc) is 3.22. The third kappa shape index (κ3) is 3.28. The first-order valence-corrected chi connectivity index (χ1v) is 11.0. The van der Waals surface area contributed by atoms with Crippen LogP contribution in [0.25, 0.3) is 5.69 Å². The van der Waals surface area contributed by atoms with Crippen molar-refractivity contribution < 1.29 is 22.8 Å². The minimum absolute atomic E-state index is 0.0260. The summed E-state index contributed by atoms with van der Waals surface area (Å²) in [5, 5.41) is 17.6. The fourth-order valence-corrected chi connectivity index (χ4v) is 5.50. The molecule has 152 valence electrons. The van der Waals surface area contributed by atoms with E-state index < -0.39 is 16.0 Å². The summed E-state index contributed by atoms with van der Waals surface area (Å²) in [6, 6.07) is 7.30. The largest absolute Gasteiger partial charge is 0.476 e. The lowest BCUT2D eigenvalue weighted by Gasteiger charge is -2.26. The van der Waals surface area contributed by atoms with Crippen molar-refractivity contribution in [2.24, 2.45) is 0 Å². The number of aryl methyl sites for hydroxylation is 2. The molecule has 0 saturated heterocycles. The number of carbonyl (C=O) groups is 1. The number of carboxylic acids is 1. The van der Waals surface area contributed by atoms with Gasteiger partial charge in [0.05, 0.1) is 11.4 Å². The first kappa shape index (κ1) is 19.8. The number of carboxylic acid groups (broad SMARTS) is 1. The van der Waals surface area contributed by atoms with Crippen molar-refractivity contribution in [1.82, 2.24) is 19.2 Å². The van der Waals surface area contributed by atoms with Gasteiger partial charge in [-0.1, -0.05) is 21.1 Å². The second-order valence-electron chi connectivity index (χ2n) is 6.71. The highest BCUT2D eigenvalue weighted by Gasteiger charge is 2.37. The predicted molar refractivity (Wildman–Crippen MR) is 106 cm³/mol. The second-order valence-corrected chi connectivity index (χ2v) is 9.50. The van der Waals surface area contributed by atoms with Gasteiger partial charge in [-0.15, -0.1) is 0 Å². The zero-order chi connectivity index (χ0) is 20.9. The predicted octanol–water partition coefficient (Wildman–Crippen LogP) is 2.68. The first-order chi connectivity index (χ1) is 13.7. The van der Waals surface area contributed by atoms with Gasteiger partial charge in [0.2, 0.25) is 10.0 Å². The Morgan fingerprint density at radius 2 is 1.93 bits per heavy atom. The molecule has 1 aromatic carbocycles. The monoisotopic (exact) mass is 480 g/mol. The molecule has 1 aliphatic rings. The van der Waals surface area contributed by atoms with E-state index in [0.717, 1.165) is 4.47 Å². The molecule has 0 aliphatic carbocycles. The summed E-state index contributed by atoms with van der Waals surface area (Å²) in [6.45, 7) is 3.21. The zero-order valence-corrected chi connectivity index (χ0v) is 18.0. The van der Waals surface area contributed by atoms with Crippen molar-refractivity contribution in [2.45, 2.75) is 31.7 Å². The minimum atomic E-state index is -3.89. The Hall–Kier alpha value is -2.50. The van der Waals surface area contributed by atoms with Gasteiger partial charge in [-0.2, -0.15) is 9.40 Å². The highest BCUT2D eigenvalue weighted by molar-refractivity contribution is 9.10. The van der Waals surface area contributed by atoms with Crippen LogP contribution in [0.4, 0.5) is 0 Å². The lowest BCUT2D eigenvalue weighted by Crippen LogP contribution is -2.37. The van der Waals surface area contributed by atoms with Gasteiger partial charge in [0.1, 0.15) is 10.6 Å². The van der Waals surface area contributed by atoms with Crippen LogP contribution in [0, 0.1) is 13.8 Å². The molecule has 0 atom stereocenters. The number of halogens is 1. The van der Waals surface area contributed by atoms with Crippen LogP contribution in [0.2, 0.25) is 0 Å². The molecule has 1 aliphatic heterocycles. The van der Waals surface area contributed by atoms with Gasteiger partial charge in [-0.25, -0.2) is 17.9 Å². The molecule has 0 amide bonds. The molecule has 0 fully saturated rings. The van der Waals surface area contributed by atoms with Crippen LogP contribution >= 0.6 is 15.9 Å². The standard InChI is InChI=1S/C18H17BrN4O5S/c1-10-17(11(2)28-21-10)29(26,27)22-8-7-15-14(9-22)16(18(24)25)20-23(15)13-5-3-12(19)4-6-13/h3-6H,7-9H2,1-2H3,(H,24,25). The van der Waals surface area contributed by atoms with Crippen molar-refractivity contribution in [3.8, 4) is 5.69 Å². The lowest BCUT2D eigenvalue weighted by molar-refractivity contribution is 0.0688. The van der Waals surface area contributed by atoms with E-state index in [-0.39, 0.29) is 35.1 Å². The minimum Gasteiger partial charge on any atom is -0.476 e. The molecule has 2 aromatic heterocycles. The summed E-state index contributed by atoms with van der Waals surface area (Å²) >= 11 is 3.37. The topological polar surface area (TPSA) is 119 Å². The molecule has 9 nitrogen and oxygen atoms in total. The summed E-state index contributed by atoms with van der Waals surface area (Å²) in [5.41, 5.74) is 1.91. The van der Waals surface area contributed by atoms with E-state index in [2.05, 4.69) is 26.2 Å². The molecule has 3 aromatic rings. The molecule has 1 N–H and O–H groups in total. The van der Waals surface area contributed by atoms with E-state index in [9.17, 15) is 18.3 Å². The first-order valence-electron chi connectivity index (χ1n) is 8.73. The van der Waals surface area contributed by atoms with Gasteiger partial charge in [0.15, 0.2) is 11.5 Å². The van der Waals surface area contributed by atoms with Crippen molar-refractivity contribution in [2.75, 3.05) is 6.54 Å². The van der Waals surface area contributed by atoms with Crippen molar-refractivity contribution in [1.29, 1.82) is 0 Å². The van der Waals surface area contributed by atoms with Crippen LogP contribution in [0.15, 0.2) is 38.2 Å². The van der Waals surface area contributed by atoms with Crippen LogP contribution in [-0.4, -0.2) is 45.3 Å². The number of benzene rings is 1. The molecule has 0 saturated carbocycles. The van der Waals surface area contributed by atoms with Crippen LogP contribution in [0.5, 0.6) is 0 Å². The average molecular weight is 481 g/mol. The summed E-state index contributed by atoms with van der Waals surface area (Å²) in [5.74, 6) is -0.994. The SMILES string of the molecule is Cc1noc(C)c1S(=O)(=O)N1CCc2c(c(C(=O)O)nn2-c2ccc(Br)cc2)C1. The molecule has 29 heavy (non-hydrogen) atoms. The van der Waals surface area contributed by atoms with E-state index in [0.29, 0.717) is 23.4 Å². The smallest absolute Gasteiger partial charge is 0.356 e. The highest BCUT2D eigenvalue weighted by atomic mass is 79.9. The van der Waals surface area contributed by atoms with E-state index in [1.165, 1.54) is 11.2 Å². The quantitative estimate of drug-likeness (QED) is 0.609. The third-order valence-electron chi connectivity index (χ3n) is 4.86. The van der Waals surface area contributed by atoms with Gasteiger partial charge in [0.25, 0.3) is 0 Å². The fourth-order valence-electron chi connectivity index (χ4n) is 3.54. The highest BCUT2D eigenvalue weighted by Crippen LogP contribution is 2.31. The Morgan fingerprint density at radius 3 is 2.52 bits per heavy atom. The fraction of sp³-hybridized carbons (Fsp3) is 0.278. The Morgan fingerprint density at radius 1 is 1.24 bits per heavy atom. The van der Waals surface area contributed by atoms with Crippen LogP contribution in [0.3, 0.4) is 0 Å². The number of hydrogen-bond donors (Lipinski definition) is 1. The Bertz CT molecular complexity index is 1190. The number of aromatic nitrogens is 3. The lowest BCUT2D eigenvalue weighted by atomic mass is 10.1. The van der Waals surface area contributed by atoms with Crippen molar-refractivity contribution >= 4 is 31.9 Å². The molecular formula is C18H17BrN4O5S. The van der Waals surface area contributed by atoms with Gasteiger partial charge in [-0.05, 0) is 38.1 Å². The second kappa shape index (κ2) is 7.08. The maximum absolute atomic E-state index is 13.1. The van der Waals surface area contributed by atoms with Crippen molar-refractivity contribution in [3.63, 3.8) is 0 Å². The van der Waals surface area contributed by atoms with Crippen LogP contribution in [-0.2, 0) is 23.0 Å².